The van der Waals surface area contributed by atoms with E-state index in [9.17, 15) is 18.0 Å². The van der Waals surface area contributed by atoms with Gasteiger partial charge in [-0.15, -0.1) is 0 Å². The van der Waals surface area contributed by atoms with Crippen LogP contribution in [-0.4, -0.2) is 49.5 Å². The van der Waals surface area contributed by atoms with E-state index >= 15 is 0 Å². The summed E-state index contributed by atoms with van der Waals surface area (Å²) < 4.78 is 26.3. The molecule has 0 aliphatic rings. The van der Waals surface area contributed by atoms with Crippen LogP contribution in [0.2, 0.25) is 5.02 Å². The summed E-state index contributed by atoms with van der Waals surface area (Å²) in [4.78, 5) is 27.8. The van der Waals surface area contributed by atoms with Crippen molar-refractivity contribution >= 4 is 39.1 Å². The van der Waals surface area contributed by atoms with E-state index in [4.69, 9.17) is 11.6 Å². The highest BCUT2D eigenvalue weighted by atomic mass is 35.5. The van der Waals surface area contributed by atoms with Crippen molar-refractivity contribution in [1.29, 1.82) is 0 Å². The number of carbonyl (C=O) groups excluding carboxylic acids is 2. The lowest BCUT2D eigenvalue weighted by atomic mass is 10.1. The maximum absolute atomic E-state index is 13.5. The van der Waals surface area contributed by atoms with E-state index in [0.29, 0.717) is 16.3 Å². The lowest BCUT2D eigenvalue weighted by molar-refractivity contribution is -0.140. The number of sulfonamides is 1. The predicted octanol–water partition coefficient (Wildman–Crippen LogP) is 3.75. The van der Waals surface area contributed by atoms with Gasteiger partial charge in [-0.2, -0.15) is 0 Å². The summed E-state index contributed by atoms with van der Waals surface area (Å²) in [5, 5.41) is 3.36. The van der Waals surface area contributed by atoms with Gasteiger partial charge in [0.15, 0.2) is 0 Å². The highest BCUT2D eigenvalue weighted by Crippen LogP contribution is 2.26. The van der Waals surface area contributed by atoms with Crippen LogP contribution in [0, 0.1) is 6.92 Å². The smallest absolute Gasteiger partial charge is 0.244 e. The van der Waals surface area contributed by atoms with E-state index in [1.165, 1.54) is 4.90 Å². The van der Waals surface area contributed by atoms with Gasteiger partial charge in [-0.25, -0.2) is 8.42 Å². The Balaban J connectivity index is 2.41. The minimum Gasteiger partial charge on any atom is -0.350 e. The first-order valence-corrected chi connectivity index (χ1v) is 12.8. The molecule has 9 heteroatoms. The Labute approximate surface area is 201 Å². The zero-order valence-corrected chi connectivity index (χ0v) is 21.5. The first-order valence-electron chi connectivity index (χ1n) is 10.6. The molecule has 2 aromatic rings. The van der Waals surface area contributed by atoms with Crippen molar-refractivity contribution in [3.8, 4) is 0 Å². The van der Waals surface area contributed by atoms with Crippen LogP contribution in [0.15, 0.2) is 48.5 Å². The molecule has 0 saturated heterocycles. The molecule has 1 atom stereocenters. The number of nitrogens with zero attached hydrogens (tertiary/aromatic N) is 2. The molecule has 0 saturated carbocycles. The van der Waals surface area contributed by atoms with Crippen LogP contribution in [0.1, 0.15) is 38.8 Å². The Morgan fingerprint density at radius 1 is 1.09 bits per heavy atom. The van der Waals surface area contributed by atoms with Gasteiger partial charge in [-0.3, -0.25) is 13.9 Å². The second-order valence-corrected chi connectivity index (χ2v) is 11.5. The Morgan fingerprint density at radius 2 is 1.70 bits per heavy atom. The monoisotopic (exact) mass is 493 g/mol. The zero-order valence-electron chi connectivity index (χ0n) is 19.9. The fourth-order valence-corrected chi connectivity index (χ4v) is 4.46. The van der Waals surface area contributed by atoms with Crippen LogP contribution >= 0.6 is 11.6 Å². The van der Waals surface area contributed by atoms with Gasteiger partial charge in [0, 0.05) is 17.1 Å². The number of anilines is 1. The highest BCUT2D eigenvalue weighted by molar-refractivity contribution is 7.92. The molecule has 0 spiro atoms. The van der Waals surface area contributed by atoms with Gasteiger partial charge in [0.1, 0.15) is 12.6 Å². The van der Waals surface area contributed by atoms with Crippen LogP contribution in [0.25, 0.3) is 0 Å². The van der Waals surface area contributed by atoms with Gasteiger partial charge in [0.2, 0.25) is 21.8 Å². The lowest BCUT2D eigenvalue weighted by Crippen LogP contribution is -2.54. The minimum atomic E-state index is -3.79. The number of nitrogens with one attached hydrogen (secondary N) is 1. The summed E-state index contributed by atoms with van der Waals surface area (Å²) in [7, 11) is -3.79. The van der Waals surface area contributed by atoms with Crippen LogP contribution in [-0.2, 0) is 26.2 Å². The largest absolute Gasteiger partial charge is 0.350 e. The number of benzene rings is 2. The second-order valence-electron chi connectivity index (χ2n) is 9.12. The third kappa shape index (κ3) is 7.75. The number of amides is 2. The topological polar surface area (TPSA) is 86.8 Å². The number of carbonyl (C=O) groups is 2. The summed E-state index contributed by atoms with van der Waals surface area (Å²) in [5.74, 6) is -0.810. The van der Waals surface area contributed by atoms with E-state index in [2.05, 4.69) is 5.32 Å². The van der Waals surface area contributed by atoms with Gasteiger partial charge < -0.3 is 10.2 Å². The quantitative estimate of drug-likeness (QED) is 0.606. The van der Waals surface area contributed by atoms with Gasteiger partial charge in [-0.05, 0) is 63.9 Å². The Morgan fingerprint density at radius 3 is 2.21 bits per heavy atom. The van der Waals surface area contributed by atoms with Crippen LogP contribution in [0.3, 0.4) is 0 Å². The lowest BCUT2D eigenvalue weighted by Gasteiger charge is -2.33. The van der Waals surface area contributed by atoms with E-state index in [1.54, 1.807) is 32.0 Å². The fraction of sp³-hybridized carbons (Fsp3) is 0.417. The van der Waals surface area contributed by atoms with Crippen LogP contribution in [0.4, 0.5) is 5.69 Å². The number of aryl methyl sites for hydroxylation is 1. The predicted molar refractivity (Wildman–Crippen MR) is 133 cm³/mol. The molecule has 7 nitrogen and oxygen atoms in total. The van der Waals surface area contributed by atoms with Gasteiger partial charge in [0.05, 0.1) is 11.9 Å². The van der Waals surface area contributed by atoms with Crippen LogP contribution < -0.4 is 9.62 Å². The van der Waals surface area contributed by atoms with Crippen molar-refractivity contribution in [2.45, 2.75) is 52.7 Å². The second kappa shape index (κ2) is 10.6. The molecule has 2 amide bonds. The highest BCUT2D eigenvalue weighted by Gasteiger charge is 2.31. The molecule has 0 bridgehead atoms. The zero-order chi connectivity index (χ0) is 25.0. The van der Waals surface area contributed by atoms with Crippen molar-refractivity contribution in [2.24, 2.45) is 0 Å². The molecule has 0 unspecified atom stereocenters. The Hall–Kier alpha value is -2.58. The first kappa shape index (κ1) is 26.7. The number of hydrogen-bond acceptors (Lipinski definition) is 4. The van der Waals surface area contributed by atoms with Crippen molar-refractivity contribution in [3.63, 3.8) is 0 Å². The molecule has 0 aliphatic carbocycles. The molecule has 33 heavy (non-hydrogen) atoms. The molecule has 0 radical (unpaired) electrons. The Kier molecular flexibility index (Phi) is 8.54. The molecular formula is C24H32ClN3O4S. The molecular weight excluding hydrogens is 462 g/mol. The normalized spacial score (nSPS) is 12.7. The maximum Gasteiger partial charge on any atom is 0.244 e. The fourth-order valence-electron chi connectivity index (χ4n) is 3.33. The van der Waals surface area contributed by atoms with E-state index in [-0.39, 0.29) is 12.5 Å². The minimum absolute atomic E-state index is 0.162. The van der Waals surface area contributed by atoms with Crippen LogP contribution in [0.5, 0.6) is 0 Å². The summed E-state index contributed by atoms with van der Waals surface area (Å²) in [6, 6.07) is 13.2. The van der Waals surface area contributed by atoms with E-state index in [0.717, 1.165) is 16.1 Å². The van der Waals surface area contributed by atoms with Gasteiger partial charge >= 0.3 is 0 Å². The summed E-state index contributed by atoms with van der Waals surface area (Å²) in [6.07, 6.45) is 1.05. The summed E-state index contributed by atoms with van der Waals surface area (Å²) >= 11 is 6.02. The molecule has 180 valence electrons. The summed E-state index contributed by atoms with van der Waals surface area (Å²) in [6.45, 7) is 8.66. The maximum atomic E-state index is 13.5. The van der Waals surface area contributed by atoms with Gasteiger partial charge in [-0.1, -0.05) is 41.9 Å². The average Bonchev–Trinajstić information content (AvgIpc) is 2.69. The molecule has 0 aliphatic heterocycles. The van der Waals surface area contributed by atoms with Crippen molar-refractivity contribution in [1.82, 2.24) is 10.2 Å². The Bertz CT molecular complexity index is 1100. The van der Waals surface area contributed by atoms with Crippen molar-refractivity contribution < 1.29 is 18.0 Å². The first-order chi connectivity index (χ1) is 15.2. The van der Waals surface area contributed by atoms with Crippen molar-refractivity contribution in [3.05, 3.63) is 64.7 Å². The average molecular weight is 494 g/mol. The number of rotatable bonds is 8. The standard InChI is InChI=1S/C24H32ClN3O4S/c1-17-14-20(25)12-13-21(17)28(33(6,31)32)16-22(29)27(15-19-10-8-7-9-11-19)18(2)23(30)26-24(3,4)5/h7-14,18H,15-16H2,1-6H3,(H,26,30)/t18-/m1/s1. The van der Waals surface area contributed by atoms with Crippen molar-refractivity contribution in [2.75, 3.05) is 17.1 Å². The molecule has 0 fully saturated rings. The number of halogens is 1. The number of hydrogen-bond donors (Lipinski definition) is 1. The molecule has 1 N–H and O–H groups in total. The molecule has 2 aromatic carbocycles. The molecule has 0 aromatic heterocycles. The molecule has 0 heterocycles. The van der Waals surface area contributed by atoms with E-state index < -0.39 is 34.1 Å². The SMILES string of the molecule is Cc1cc(Cl)ccc1N(CC(=O)N(Cc1ccccc1)[C@H](C)C(=O)NC(C)(C)C)S(C)(=O)=O. The van der Waals surface area contributed by atoms with E-state index in [1.807, 2.05) is 51.1 Å². The summed E-state index contributed by atoms with van der Waals surface area (Å²) in [5.41, 5.74) is 1.33. The van der Waals surface area contributed by atoms with Gasteiger partial charge in [0.25, 0.3) is 0 Å². The third-order valence-corrected chi connectivity index (χ3v) is 6.33. The third-order valence-electron chi connectivity index (χ3n) is 4.97. The molecule has 2 rings (SSSR count).